The molecule has 2 heterocycles. The Morgan fingerprint density at radius 3 is 2.48 bits per heavy atom. The predicted molar refractivity (Wildman–Crippen MR) is 88.4 cm³/mol. The van der Waals surface area contributed by atoms with Gasteiger partial charge in [-0.3, -0.25) is 9.69 Å². The van der Waals surface area contributed by atoms with E-state index in [4.69, 9.17) is 0 Å². The monoisotopic (exact) mass is 379 g/mol. The van der Waals surface area contributed by atoms with Crippen LogP contribution in [-0.4, -0.2) is 67.7 Å². The van der Waals surface area contributed by atoms with Crippen molar-refractivity contribution in [2.75, 3.05) is 45.8 Å². The summed E-state index contributed by atoms with van der Waals surface area (Å²) in [5.74, 6) is 0.665. The third-order valence-electron chi connectivity index (χ3n) is 4.27. The highest BCUT2D eigenvalue weighted by Crippen LogP contribution is 2.19. The number of halogens is 5. The lowest BCUT2D eigenvalue weighted by Crippen LogP contribution is -2.38. The van der Waals surface area contributed by atoms with E-state index in [-0.39, 0.29) is 30.7 Å². The summed E-state index contributed by atoms with van der Waals surface area (Å²) < 4.78 is 37.2. The van der Waals surface area contributed by atoms with E-state index in [1.807, 2.05) is 0 Å². The van der Waals surface area contributed by atoms with Crippen molar-refractivity contribution in [1.82, 2.24) is 15.1 Å². The molecule has 9 heteroatoms. The summed E-state index contributed by atoms with van der Waals surface area (Å²) in [4.78, 5) is 15.3. The molecular weight excluding hydrogens is 354 g/mol. The average molecular weight is 380 g/mol. The van der Waals surface area contributed by atoms with Gasteiger partial charge in [0.25, 0.3) is 0 Å². The van der Waals surface area contributed by atoms with Crippen molar-refractivity contribution in [2.24, 2.45) is 5.92 Å². The maximum atomic E-state index is 12.4. The van der Waals surface area contributed by atoms with Gasteiger partial charge in [-0.2, -0.15) is 13.2 Å². The second kappa shape index (κ2) is 10.6. The summed E-state index contributed by atoms with van der Waals surface area (Å²) in [5.41, 5.74) is 0. The van der Waals surface area contributed by atoms with Gasteiger partial charge in [-0.1, -0.05) is 0 Å². The number of nitrogens with one attached hydrogen (secondary N) is 1. The number of hydrogen-bond donors (Lipinski definition) is 1. The molecule has 0 spiro atoms. The van der Waals surface area contributed by atoms with Crippen LogP contribution in [0.15, 0.2) is 0 Å². The zero-order valence-electron chi connectivity index (χ0n) is 13.1. The normalized spacial score (nSPS) is 22.9. The van der Waals surface area contributed by atoms with Gasteiger partial charge >= 0.3 is 6.18 Å². The molecule has 2 rings (SSSR count). The Labute approximate surface area is 148 Å². The van der Waals surface area contributed by atoms with E-state index in [2.05, 4.69) is 5.32 Å². The van der Waals surface area contributed by atoms with E-state index >= 15 is 0 Å². The SMILES string of the molecule is Cl.Cl.O=C(CCC1CCNC1)N1CCCN(CC(F)(F)F)CC1. The number of carbonyl (C=O) groups is 1. The van der Waals surface area contributed by atoms with E-state index in [0.717, 1.165) is 25.9 Å². The van der Waals surface area contributed by atoms with Crippen molar-refractivity contribution < 1.29 is 18.0 Å². The lowest BCUT2D eigenvalue weighted by Gasteiger charge is -2.23. The van der Waals surface area contributed by atoms with Crippen molar-refractivity contribution in [2.45, 2.75) is 31.9 Å². The topological polar surface area (TPSA) is 35.6 Å². The molecule has 2 aliphatic heterocycles. The van der Waals surface area contributed by atoms with Crippen molar-refractivity contribution in [3.8, 4) is 0 Å². The fraction of sp³-hybridized carbons (Fsp3) is 0.929. The summed E-state index contributed by atoms with van der Waals surface area (Å²) in [6.07, 6.45) is -1.02. The molecule has 4 nitrogen and oxygen atoms in total. The van der Waals surface area contributed by atoms with Crippen LogP contribution >= 0.6 is 24.8 Å². The number of alkyl halides is 3. The Balaban J connectivity index is 0.00000242. The van der Waals surface area contributed by atoms with Gasteiger partial charge < -0.3 is 10.2 Å². The summed E-state index contributed by atoms with van der Waals surface area (Å²) >= 11 is 0. The van der Waals surface area contributed by atoms with E-state index in [1.54, 1.807) is 4.90 Å². The van der Waals surface area contributed by atoms with Crippen molar-refractivity contribution >= 4 is 30.7 Å². The molecule has 1 atom stereocenters. The van der Waals surface area contributed by atoms with E-state index in [0.29, 0.717) is 44.9 Å². The van der Waals surface area contributed by atoms with Crippen LogP contribution in [0.2, 0.25) is 0 Å². The summed E-state index contributed by atoms with van der Waals surface area (Å²) in [5, 5.41) is 3.28. The first kappa shape index (κ1) is 22.8. The van der Waals surface area contributed by atoms with E-state index in [9.17, 15) is 18.0 Å². The first-order chi connectivity index (χ1) is 9.94. The summed E-state index contributed by atoms with van der Waals surface area (Å²) in [7, 11) is 0. The molecule has 23 heavy (non-hydrogen) atoms. The summed E-state index contributed by atoms with van der Waals surface area (Å²) in [6.45, 7) is 2.85. The van der Waals surface area contributed by atoms with Crippen LogP contribution in [0.3, 0.4) is 0 Å². The van der Waals surface area contributed by atoms with Gasteiger partial charge in [-0.15, -0.1) is 24.8 Å². The van der Waals surface area contributed by atoms with Crippen LogP contribution in [0.5, 0.6) is 0 Å². The van der Waals surface area contributed by atoms with Crippen LogP contribution in [-0.2, 0) is 4.79 Å². The minimum absolute atomic E-state index is 0. The molecular formula is C14H26Cl2F3N3O. The van der Waals surface area contributed by atoms with Gasteiger partial charge in [0.1, 0.15) is 0 Å². The maximum Gasteiger partial charge on any atom is 0.401 e. The number of rotatable bonds is 4. The van der Waals surface area contributed by atoms with Crippen LogP contribution in [0.25, 0.3) is 0 Å². The van der Waals surface area contributed by atoms with Crippen molar-refractivity contribution in [3.05, 3.63) is 0 Å². The summed E-state index contributed by atoms with van der Waals surface area (Å²) in [6, 6.07) is 0. The maximum absolute atomic E-state index is 12.4. The Bertz CT molecular complexity index is 353. The van der Waals surface area contributed by atoms with E-state index in [1.165, 1.54) is 4.90 Å². The fourth-order valence-corrected chi connectivity index (χ4v) is 3.08. The van der Waals surface area contributed by atoms with Gasteiger partial charge in [-0.05, 0) is 38.3 Å². The lowest BCUT2D eigenvalue weighted by molar-refractivity contribution is -0.145. The van der Waals surface area contributed by atoms with Crippen LogP contribution in [0.4, 0.5) is 13.2 Å². The molecule has 2 fully saturated rings. The Hall–Kier alpha value is -0.240. The smallest absolute Gasteiger partial charge is 0.341 e. The predicted octanol–water partition coefficient (Wildman–Crippen LogP) is 2.32. The second-order valence-corrected chi connectivity index (χ2v) is 6.02. The largest absolute Gasteiger partial charge is 0.401 e. The standard InChI is InChI=1S/C14H24F3N3O.2ClH/c15-14(16,17)11-19-6-1-7-20(9-8-19)13(21)3-2-12-4-5-18-10-12;;/h12,18H,1-11H2;2*1H. The zero-order chi connectivity index (χ0) is 15.3. The first-order valence-electron chi connectivity index (χ1n) is 7.71. The molecule has 0 saturated carbocycles. The van der Waals surface area contributed by atoms with Gasteiger partial charge in [0.05, 0.1) is 6.54 Å². The average Bonchev–Trinajstić information content (AvgIpc) is 2.81. The van der Waals surface area contributed by atoms with Gasteiger partial charge in [-0.25, -0.2) is 0 Å². The molecule has 0 aromatic heterocycles. The Morgan fingerprint density at radius 2 is 1.87 bits per heavy atom. The van der Waals surface area contributed by atoms with Gasteiger partial charge in [0.15, 0.2) is 0 Å². The molecule has 0 radical (unpaired) electrons. The minimum atomic E-state index is -4.16. The fourth-order valence-electron chi connectivity index (χ4n) is 3.08. The highest BCUT2D eigenvalue weighted by atomic mass is 35.5. The number of hydrogen-bond acceptors (Lipinski definition) is 3. The van der Waals surface area contributed by atoms with Crippen molar-refractivity contribution in [1.29, 1.82) is 0 Å². The molecule has 1 unspecified atom stereocenters. The molecule has 2 aliphatic rings. The number of nitrogens with zero attached hydrogens (tertiary/aromatic N) is 2. The van der Waals surface area contributed by atoms with Crippen molar-refractivity contribution in [3.63, 3.8) is 0 Å². The minimum Gasteiger partial charge on any atom is -0.341 e. The zero-order valence-corrected chi connectivity index (χ0v) is 14.7. The Kier molecular flexibility index (Phi) is 10.5. The quantitative estimate of drug-likeness (QED) is 0.813. The molecule has 1 N–H and O–H groups in total. The molecule has 0 aliphatic carbocycles. The van der Waals surface area contributed by atoms with E-state index < -0.39 is 12.7 Å². The highest BCUT2D eigenvalue weighted by molar-refractivity contribution is 5.85. The Morgan fingerprint density at radius 1 is 1.13 bits per heavy atom. The molecule has 0 aromatic rings. The molecule has 1 amide bonds. The second-order valence-electron chi connectivity index (χ2n) is 6.02. The number of amides is 1. The van der Waals surface area contributed by atoms with Crippen LogP contribution < -0.4 is 5.32 Å². The molecule has 2 saturated heterocycles. The van der Waals surface area contributed by atoms with Crippen LogP contribution in [0, 0.1) is 5.92 Å². The highest BCUT2D eigenvalue weighted by Gasteiger charge is 2.31. The van der Waals surface area contributed by atoms with Gasteiger partial charge in [0.2, 0.25) is 5.91 Å². The van der Waals surface area contributed by atoms with Gasteiger partial charge in [0, 0.05) is 32.6 Å². The molecule has 138 valence electrons. The lowest BCUT2D eigenvalue weighted by atomic mass is 10.0. The molecule has 0 bridgehead atoms. The third kappa shape index (κ3) is 8.42. The first-order valence-corrected chi connectivity index (χ1v) is 7.71. The number of carbonyl (C=O) groups excluding carboxylic acids is 1. The third-order valence-corrected chi connectivity index (χ3v) is 4.27. The van der Waals surface area contributed by atoms with Crippen LogP contribution in [0.1, 0.15) is 25.7 Å². The molecule has 0 aromatic carbocycles.